The third-order valence-corrected chi connectivity index (χ3v) is 3.00. The first-order valence-electron chi connectivity index (χ1n) is 5.46. The predicted octanol–water partition coefficient (Wildman–Crippen LogP) is 1.61. The molecule has 0 bridgehead atoms. The molecule has 2 atom stereocenters. The van der Waals surface area contributed by atoms with E-state index in [4.69, 9.17) is 10.5 Å². The van der Waals surface area contributed by atoms with Gasteiger partial charge in [0.2, 0.25) is 0 Å². The second-order valence-electron chi connectivity index (χ2n) is 4.03. The van der Waals surface area contributed by atoms with Gasteiger partial charge in [0.05, 0.1) is 6.04 Å². The van der Waals surface area contributed by atoms with Crippen molar-refractivity contribution in [1.82, 2.24) is 4.90 Å². The highest BCUT2D eigenvalue weighted by atomic mass is 16.5. The van der Waals surface area contributed by atoms with Crippen molar-refractivity contribution in [3.05, 3.63) is 30.3 Å². The molecular weight excluding hydrogens is 204 g/mol. The van der Waals surface area contributed by atoms with Crippen LogP contribution in [0, 0.1) is 0 Å². The van der Waals surface area contributed by atoms with Gasteiger partial charge in [-0.15, -0.1) is 0 Å². The Kier molecular flexibility index (Phi) is 2.99. The van der Waals surface area contributed by atoms with Crippen LogP contribution in [0.3, 0.4) is 0 Å². The number of rotatable bonds is 2. The smallest absolute Gasteiger partial charge is 0.315 e. The van der Waals surface area contributed by atoms with Crippen molar-refractivity contribution in [2.24, 2.45) is 5.73 Å². The van der Waals surface area contributed by atoms with E-state index in [0.717, 1.165) is 12.2 Å². The molecule has 0 saturated carbocycles. The van der Waals surface area contributed by atoms with E-state index >= 15 is 0 Å². The molecule has 2 amide bonds. The van der Waals surface area contributed by atoms with Crippen molar-refractivity contribution in [2.75, 3.05) is 6.54 Å². The van der Waals surface area contributed by atoms with E-state index in [2.05, 4.69) is 0 Å². The van der Waals surface area contributed by atoms with Crippen LogP contribution in [0.4, 0.5) is 4.79 Å². The molecule has 1 aromatic rings. The zero-order valence-corrected chi connectivity index (χ0v) is 9.30. The van der Waals surface area contributed by atoms with Crippen molar-refractivity contribution >= 4 is 6.03 Å². The van der Waals surface area contributed by atoms with Crippen LogP contribution in [-0.2, 0) is 0 Å². The second-order valence-corrected chi connectivity index (χ2v) is 4.03. The number of hydrogen-bond donors (Lipinski definition) is 1. The van der Waals surface area contributed by atoms with Crippen LogP contribution in [0.15, 0.2) is 30.3 Å². The fraction of sp³-hybridized carbons (Fsp3) is 0.417. The first-order valence-corrected chi connectivity index (χ1v) is 5.46. The number of hydrogen-bond acceptors (Lipinski definition) is 2. The van der Waals surface area contributed by atoms with E-state index in [1.54, 1.807) is 4.90 Å². The molecular formula is C12H16N2O2. The van der Waals surface area contributed by atoms with Gasteiger partial charge in [-0.3, -0.25) is 0 Å². The number of para-hydroxylation sites is 1. The summed E-state index contributed by atoms with van der Waals surface area (Å²) in [7, 11) is 0. The van der Waals surface area contributed by atoms with Crippen LogP contribution in [0.1, 0.15) is 13.3 Å². The molecule has 1 aliphatic heterocycles. The third-order valence-electron chi connectivity index (χ3n) is 3.00. The Labute approximate surface area is 95.0 Å². The number of carbonyl (C=O) groups excluding carboxylic acids is 1. The lowest BCUT2D eigenvalue weighted by atomic mass is 10.2. The molecule has 1 aliphatic rings. The van der Waals surface area contributed by atoms with E-state index in [9.17, 15) is 4.79 Å². The summed E-state index contributed by atoms with van der Waals surface area (Å²) >= 11 is 0. The zero-order valence-electron chi connectivity index (χ0n) is 9.30. The molecule has 2 N–H and O–H groups in total. The summed E-state index contributed by atoms with van der Waals surface area (Å²) in [4.78, 5) is 12.7. The molecule has 4 heteroatoms. The monoisotopic (exact) mass is 220 g/mol. The number of nitrogens with two attached hydrogens (primary N) is 1. The average molecular weight is 220 g/mol. The highest BCUT2D eigenvalue weighted by molar-refractivity contribution is 5.72. The van der Waals surface area contributed by atoms with E-state index in [-0.39, 0.29) is 18.2 Å². The van der Waals surface area contributed by atoms with Gasteiger partial charge in [-0.05, 0) is 19.1 Å². The van der Waals surface area contributed by atoms with Gasteiger partial charge in [0.25, 0.3) is 0 Å². The molecule has 0 aliphatic carbocycles. The number of nitrogens with zero attached hydrogens (tertiary/aromatic N) is 1. The average Bonchev–Trinajstić information content (AvgIpc) is 2.62. The number of carbonyl (C=O) groups is 1. The number of likely N-dealkylation sites (tertiary alicyclic amines) is 1. The number of benzene rings is 1. The first-order chi connectivity index (χ1) is 7.68. The molecule has 1 fully saturated rings. The number of urea groups is 1. The lowest BCUT2D eigenvalue weighted by Gasteiger charge is -2.23. The Morgan fingerprint density at radius 2 is 2.12 bits per heavy atom. The van der Waals surface area contributed by atoms with Gasteiger partial charge in [0, 0.05) is 13.0 Å². The maximum Gasteiger partial charge on any atom is 0.315 e. The Balaban J connectivity index is 2.00. The fourth-order valence-electron chi connectivity index (χ4n) is 2.05. The summed E-state index contributed by atoms with van der Waals surface area (Å²) in [5.41, 5.74) is 5.28. The van der Waals surface area contributed by atoms with Gasteiger partial charge in [0.15, 0.2) is 0 Å². The Morgan fingerprint density at radius 1 is 1.44 bits per heavy atom. The highest BCUT2D eigenvalue weighted by Crippen LogP contribution is 2.22. The minimum Gasteiger partial charge on any atom is -0.488 e. The van der Waals surface area contributed by atoms with Crippen molar-refractivity contribution < 1.29 is 9.53 Å². The summed E-state index contributed by atoms with van der Waals surface area (Å²) in [6.45, 7) is 2.64. The molecule has 1 saturated heterocycles. The highest BCUT2D eigenvalue weighted by Gasteiger charge is 2.34. The molecule has 0 aromatic heterocycles. The Hall–Kier alpha value is -1.71. The number of primary amides is 1. The van der Waals surface area contributed by atoms with E-state index < -0.39 is 0 Å². The lowest BCUT2D eigenvalue weighted by Crippen LogP contribution is -2.42. The topological polar surface area (TPSA) is 55.6 Å². The summed E-state index contributed by atoms with van der Waals surface area (Å²) in [6, 6.07) is 9.31. The third kappa shape index (κ3) is 2.10. The van der Waals surface area contributed by atoms with Crippen LogP contribution in [-0.4, -0.2) is 29.6 Å². The summed E-state index contributed by atoms with van der Waals surface area (Å²) in [5, 5.41) is 0. The van der Waals surface area contributed by atoms with Crippen molar-refractivity contribution in [3.63, 3.8) is 0 Å². The maximum atomic E-state index is 11.1. The van der Waals surface area contributed by atoms with Gasteiger partial charge in [0.1, 0.15) is 11.9 Å². The van der Waals surface area contributed by atoms with E-state index in [0.29, 0.717) is 6.54 Å². The summed E-state index contributed by atoms with van der Waals surface area (Å²) in [6.07, 6.45) is 0.869. The van der Waals surface area contributed by atoms with Crippen molar-refractivity contribution in [3.8, 4) is 5.75 Å². The molecule has 86 valence electrons. The molecule has 1 heterocycles. The van der Waals surface area contributed by atoms with Crippen LogP contribution in [0.2, 0.25) is 0 Å². The Morgan fingerprint density at radius 3 is 2.69 bits per heavy atom. The normalized spacial score (nSPS) is 24.4. The molecule has 16 heavy (non-hydrogen) atoms. The second kappa shape index (κ2) is 4.43. The zero-order chi connectivity index (χ0) is 11.5. The van der Waals surface area contributed by atoms with Crippen LogP contribution in [0.25, 0.3) is 0 Å². The lowest BCUT2D eigenvalue weighted by molar-refractivity contribution is 0.152. The largest absolute Gasteiger partial charge is 0.488 e. The molecule has 0 spiro atoms. The van der Waals surface area contributed by atoms with E-state index in [1.165, 1.54) is 0 Å². The van der Waals surface area contributed by atoms with Gasteiger partial charge in [-0.1, -0.05) is 18.2 Å². The van der Waals surface area contributed by atoms with Crippen molar-refractivity contribution in [2.45, 2.75) is 25.5 Å². The van der Waals surface area contributed by atoms with Gasteiger partial charge in [-0.25, -0.2) is 4.79 Å². The standard InChI is InChI=1S/C12H16N2O2/c1-9-11(7-8-14(9)12(13)15)16-10-5-3-2-4-6-10/h2-6,9,11H,7-8H2,1H3,(H2,13,15). The van der Waals surface area contributed by atoms with Crippen molar-refractivity contribution in [1.29, 1.82) is 0 Å². The van der Waals surface area contributed by atoms with Crippen LogP contribution >= 0.6 is 0 Å². The van der Waals surface area contributed by atoms with Gasteiger partial charge >= 0.3 is 6.03 Å². The number of ether oxygens (including phenoxy) is 1. The summed E-state index contributed by atoms with van der Waals surface area (Å²) in [5.74, 6) is 0.839. The predicted molar refractivity (Wildman–Crippen MR) is 61.2 cm³/mol. The minimum absolute atomic E-state index is 0.0369. The molecule has 2 rings (SSSR count). The van der Waals surface area contributed by atoms with Gasteiger partial charge < -0.3 is 15.4 Å². The quantitative estimate of drug-likeness (QED) is 0.823. The van der Waals surface area contributed by atoms with Crippen LogP contribution in [0.5, 0.6) is 5.75 Å². The maximum absolute atomic E-state index is 11.1. The van der Waals surface area contributed by atoms with Crippen LogP contribution < -0.4 is 10.5 Å². The van der Waals surface area contributed by atoms with E-state index in [1.807, 2.05) is 37.3 Å². The fourth-order valence-corrected chi connectivity index (χ4v) is 2.05. The molecule has 4 nitrogen and oxygen atoms in total. The molecule has 2 unspecified atom stereocenters. The molecule has 0 radical (unpaired) electrons. The summed E-state index contributed by atoms with van der Waals surface area (Å²) < 4.78 is 5.82. The SMILES string of the molecule is CC1C(Oc2ccccc2)CCN1C(N)=O. The first kappa shape index (κ1) is 10.8. The molecule has 1 aromatic carbocycles. The number of amides is 2. The Bertz CT molecular complexity index is 367. The minimum atomic E-state index is -0.369. The van der Waals surface area contributed by atoms with Gasteiger partial charge in [-0.2, -0.15) is 0 Å².